The van der Waals surface area contributed by atoms with Gasteiger partial charge in [-0.2, -0.15) is 0 Å². The Hall–Kier alpha value is -3.42. The number of piperazine rings is 1. The molecule has 0 spiro atoms. The molecule has 2 aromatic carbocycles. The molecule has 1 fully saturated rings. The van der Waals surface area contributed by atoms with Crippen molar-refractivity contribution in [3.05, 3.63) is 60.2 Å². The maximum atomic E-state index is 13.0. The zero-order chi connectivity index (χ0) is 26.8. The van der Waals surface area contributed by atoms with Crippen LogP contribution in [0.2, 0.25) is 0 Å². The van der Waals surface area contributed by atoms with Crippen LogP contribution in [0.3, 0.4) is 0 Å². The molecule has 0 saturated carbocycles. The number of carbonyl (C=O) groups is 2. The Balaban J connectivity index is 1.63. The molecule has 2 amide bonds. The Kier molecular flexibility index (Phi) is 10.1. The Morgan fingerprint density at radius 3 is 2.38 bits per heavy atom. The minimum Gasteiger partial charge on any atom is -0.493 e. The van der Waals surface area contributed by atoms with Gasteiger partial charge in [-0.05, 0) is 52.3 Å². The van der Waals surface area contributed by atoms with Gasteiger partial charge in [-0.15, -0.1) is 0 Å². The van der Waals surface area contributed by atoms with Crippen LogP contribution < -0.4 is 9.64 Å². The van der Waals surface area contributed by atoms with Crippen LogP contribution in [-0.4, -0.2) is 73.0 Å². The summed E-state index contributed by atoms with van der Waals surface area (Å²) in [6, 6.07) is 17.4. The minimum atomic E-state index is -0.602. The molecule has 8 nitrogen and oxygen atoms in total. The fourth-order valence-electron chi connectivity index (χ4n) is 4.31. The van der Waals surface area contributed by atoms with E-state index in [0.717, 1.165) is 30.1 Å². The minimum absolute atomic E-state index is 0.211. The maximum absolute atomic E-state index is 13.0. The lowest BCUT2D eigenvalue weighted by Gasteiger charge is -2.41. The molecule has 0 bridgehead atoms. The molecule has 0 radical (unpaired) electrons. The summed E-state index contributed by atoms with van der Waals surface area (Å²) in [5, 5.41) is 0. The number of nitrogens with zero attached hydrogens (tertiary/aromatic N) is 3. The zero-order valence-corrected chi connectivity index (χ0v) is 22.8. The van der Waals surface area contributed by atoms with E-state index in [0.29, 0.717) is 32.7 Å². The SMILES string of the molecule is CCN(CC)c1cccc(OCC[C@@H]2CN(C(=O)OCc3ccccc3)CCN2C(=O)OC(C)(C)C)c1. The number of hydrogen-bond acceptors (Lipinski definition) is 6. The molecule has 0 N–H and O–H groups in total. The number of benzene rings is 2. The molecule has 2 aromatic rings. The van der Waals surface area contributed by atoms with Crippen molar-refractivity contribution in [1.82, 2.24) is 9.80 Å². The average molecular weight is 512 g/mol. The molecule has 202 valence electrons. The van der Waals surface area contributed by atoms with Crippen LogP contribution in [0.4, 0.5) is 15.3 Å². The molecule has 0 unspecified atom stereocenters. The lowest BCUT2D eigenvalue weighted by Crippen LogP contribution is -2.57. The largest absolute Gasteiger partial charge is 0.493 e. The third kappa shape index (κ3) is 8.58. The zero-order valence-electron chi connectivity index (χ0n) is 22.8. The molecule has 0 aliphatic carbocycles. The van der Waals surface area contributed by atoms with Crippen molar-refractivity contribution in [3.63, 3.8) is 0 Å². The van der Waals surface area contributed by atoms with Crippen molar-refractivity contribution in [2.45, 2.75) is 59.3 Å². The van der Waals surface area contributed by atoms with Crippen molar-refractivity contribution in [2.24, 2.45) is 0 Å². The number of amides is 2. The molecular formula is C29H41N3O5. The molecule has 8 heteroatoms. The molecule has 1 atom stereocenters. The van der Waals surface area contributed by atoms with E-state index in [1.807, 2.05) is 69.3 Å². The number of anilines is 1. The van der Waals surface area contributed by atoms with Gasteiger partial charge in [0, 0.05) is 50.9 Å². The van der Waals surface area contributed by atoms with Crippen LogP contribution in [-0.2, 0) is 16.1 Å². The number of ether oxygens (including phenoxy) is 3. The second-order valence-electron chi connectivity index (χ2n) is 10.1. The summed E-state index contributed by atoms with van der Waals surface area (Å²) in [7, 11) is 0. The van der Waals surface area contributed by atoms with Crippen LogP contribution in [0.1, 0.15) is 46.6 Å². The van der Waals surface area contributed by atoms with E-state index in [9.17, 15) is 9.59 Å². The van der Waals surface area contributed by atoms with E-state index in [1.165, 1.54) is 0 Å². The predicted molar refractivity (Wildman–Crippen MR) is 145 cm³/mol. The van der Waals surface area contributed by atoms with Gasteiger partial charge in [0.05, 0.1) is 12.6 Å². The highest BCUT2D eigenvalue weighted by atomic mass is 16.6. The topological polar surface area (TPSA) is 71.6 Å². The van der Waals surface area contributed by atoms with E-state index in [4.69, 9.17) is 14.2 Å². The van der Waals surface area contributed by atoms with E-state index < -0.39 is 5.60 Å². The summed E-state index contributed by atoms with van der Waals surface area (Å²) in [6.45, 7) is 13.4. The van der Waals surface area contributed by atoms with Crippen LogP contribution in [0.15, 0.2) is 54.6 Å². The van der Waals surface area contributed by atoms with Crippen LogP contribution in [0.5, 0.6) is 5.75 Å². The molecule has 3 rings (SSSR count). The van der Waals surface area contributed by atoms with Gasteiger partial charge in [0.15, 0.2) is 0 Å². The summed E-state index contributed by atoms with van der Waals surface area (Å²) >= 11 is 0. The van der Waals surface area contributed by atoms with Gasteiger partial charge in [-0.3, -0.25) is 0 Å². The van der Waals surface area contributed by atoms with Crippen molar-refractivity contribution >= 4 is 17.9 Å². The first-order chi connectivity index (χ1) is 17.7. The summed E-state index contributed by atoms with van der Waals surface area (Å²) < 4.78 is 17.3. The summed E-state index contributed by atoms with van der Waals surface area (Å²) in [6.07, 6.45) is -0.208. The van der Waals surface area contributed by atoms with Crippen molar-refractivity contribution in [1.29, 1.82) is 0 Å². The molecule has 1 aliphatic heterocycles. The maximum Gasteiger partial charge on any atom is 0.410 e. The highest BCUT2D eigenvalue weighted by Crippen LogP contribution is 2.23. The molecule has 0 aromatic heterocycles. The van der Waals surface area contributed by atoms with Gasteiger partial charge < -0.3 is 28.9 Å². The number of rotatable bonds is 9. The lowest BCUT2D eigenvalue weighted by atomic mass is 10.1. The Morgan fingerprint density at radius 1 is 0.973 bits per heavy atom. The van der Waals surface area contributed by atoms with E-state index >= 15 is 0 Å². The number of carbonyl (C=O) groups excluding carboxylic acids is 2. The van der Waals surface area contributed by atoms with Gasteiger partial charge in [0.25, 0.3) is 0 Å². The second kappa shape index (κ2) is 13.2. The van der Waals surface area contributed by atoms with Gasteiger partial charge in [-0.25, -0.2) is 9.59 Å². The van der Waals surface area contributed by atoms with Crippen LogP contribution in [0, 0.1) is 0 Å². The Bertz CT molecular complexity index is 1000. The fraction of sp³-hybridized carbons (Fsp3) is 0.517. The molecular weight excluding hydrogens is 470 g/mol. The highest BCUT2D eigenvalue weighted by molar-refractivity contribution is 5.71. The first-order valence-corrected chi connectivity index (χ1v) is 13.1. The second-order valence-corrected chi connectivity index (χ2v) is 10.1. The van der Waals surface area contributed by atoms with Crippen molar-refractivity contribution in [3.8, 4) is 5.75 Å². The Morgan fingerprint density at radius 2 is 1.70 bits per heavy atom. The fourth-order valence-corrected chi connectivity index (χ4v) is 4.31. The van der Waals surface area contributed by atoms with E-state index in [2.05, 4.69) is 24.8 Å². The molecule has 37 heavy (non-hydrogen) atoms. The van der Waals surface area contributed by atoms with Gasteiger partial charge in [0.2, 0.25) is 0 Å². The van der Waals surface area contributed by atoms with Crippen LogP contribution in [0.25, 0.3) is 0 Å². The van der Waals surface area contributed by atoms with E-state index in [-0.39, 0.29) is 24.8 Å². The lowest BCUT2D eigenvalue weighted by molar-refractivity contribution is -0.00614. The summed E-state index contributed by atoms with van der Waals surface area (Å²) in [5.41, 5.74) is 1.44. The summed E-state index contributed by atoms with van der Waals surface area (Å²) in [4.78, 5) is 31.4. The van der Waals surface area contributed by atoms with Gasteiger partial charge >= 0.3 is 12.2 Å². The van der Waals surface area contributed by atoms with Gasteiger partial charge in [0.1, 0.15) is 18.0 Å². The quantitative estimate of drug-likeness (QED) is 0.439. The smallest absolute Gasteiger partial charge is 0.410 e. The van der Waals surface area contributed by atoms with Crippen LogP contribution >= 0.6 is 0 Å². The third-order valence-corrected chi connectivity index (χ3v) is 6.24. The summed E-state index contributed by atoms with van der Waals surface area (Å²) in [5.74, 6) is 0.781. The standard InChI is InChI=1S/C29H41N3O5/c1-6-30(7-2)24-14-11-15-26(20-24)35-19-16-25-21-31(17-18-32(25)28(34)37-29(3,4)5)27(33)36-22-23-12-9-8-10-13-23/h8-15,20,25H,6-7,16-19,21-22H2,1-5H3/t25-/m1/s1. The normalized spacial score (nSPS) is 15.8. The van der Waals surface area contributed by atoms with Crippen molar-refractivity contribution < 1.29 is 23.8 Å². The highest BCUT2D eigenvalue weighted by Gasteiger charge is 2.35. The van der Waals surface area contributed by atoms with Gasteiger partial charge in [-0.1, -0.05) is 36.4 Å². The van der Waals surface area contributed by atoms with Crippen molar-refractivity contribution in [2.75, 3.05) is 44.2 Å². The third-order valence-electron chi connectivity index (χ3n) is 6.24. The van der Waals surface area contributed by atoms with E-state index in [1.54, 1.807) is 9.80 Å². The average Bonchev–Trinajstić information content (AvgIpc) is 2.88. The molecule has 1 aliphatic rings. The number of hydrogen-bond donors (Lipinski definition) is 0. The first kappa shape index (κ1) is 28.2. The predicted octanol–water partition coefficient (Wildman–Crippen LogP) is 5.56. The first-order valence-electron chi connectivity index (χ1n) is 13.1. The molecule has 1 heterocycles. The Labute approximate surface area is 221 Å². The monoisotopic (exact) mass is 511 g/mol. The molecule has 1 saturated heterocycles.